The van der Waals surface area contributed by atoms with Gasteiger partial charge in [-0.3, -0.25) is 14.9 Å². The van der Waals surface area contributed by atoms with Crippen LogP contribution in [0.1, 0.15) is 16.8 Å². The van der Waals surface area contributed by atoms with Crippen molar-refractivity contribution in [3.63, 3.8) is 0 Å². The van der Waals surface area contributed by atoms with E-state index in [1.807, 2.05) is 0 Å². The molecule has 1 amide bonds. The minimum Gasteiger partial charge on any atom is -0.480 e. The Hall–Kier alpha value is -2.55. The first-order valence-electron chi connectivity index (χ1n) is 5.96. The number of nitro groups is 1. The molecule has 0 spiro atoms. The highest BCUT2D eigenvalue weighted by molar-refractivity contribution is 5.97. The second-order valence-electron chi connectivity index (χ2n) is 4.66. The standard InChI is InChI=1S/C12H11FN2O6/c13-7-1-6(2-8(3-7)15(20)21)11(17)14-5-9(16)4-10(14)12(18)19/h1-3,9-10,16H,4-5H2,(H,18,19)/t9-,10+/m1/s1. The summed E-state index contributed by atoms with van der Waals surface area (Å²) in [5, 5.41) is 29.1. The Morgan fingerprint density at radius 1 is 1.38 bits per heavy atom. The van der Waals surface area contributed by atoms with Crippen LogP contribution in [0.4, 0.5) is 10.1 Å². The second kappa shape index (κ2) is 5.44. The van der Waals surface area contributed by atoms with E-state index in [4.69, 9.17) is 5.11 Å². The van der Waals surface area contributed by atoms with Crippen molar-refractivity contribution < 1.29 is 29.1 Å². The SMILES string of the molecule is O=C(O)[C@@H]1C[C@@H](O)CN1C(=O)c1cc(F)cc([N+](=O)[O-])c1. The first kappa shape index (κ1) is 14.9. The van der Waals surface area contributed by atoms with E-state index >= 15 is 0 Å². The summed E-state index contributed by atoms with van der Waals surface area (Å²) in [6, 6.07) is 1.08. The monoisotopic (exact) mass is 298 g/mol. The number of carbonyl (C=O) groups is 2. The molecule has 0 radical (unpaired) electrons. The van der Waals surface area contributed by atoms with Gasteiger partial charge >= 0.3 is 5.97 Å². The van der Waals surface area contributed by atoms with Crippen LogP contribution >= 0.6 is 0 Å². The molecule has 1 saturated heterocycles. The summed E-state index contributed by atoms with van der Waals surface area (Å²) >= 11 is 0. The Morgan fingerprint density at radius 2 is 2.05 bits per heavy atom. The minimum absolute atomic E-state index is 0.140. The molecule has 9 heteroatoms. The van der Waals surface area contributed by atoms with Gasteiger partial charge < -0.3 is 15.1 Å². The lowest BCUT2D eigenvalue weighted by Crippen LogP contribution is -2.40. The molecule has 0 bridgehead atoms. The van der Waals surface area contributed by atoms with Crippen molar-refractivity contribution in [3.05, 3.63) is 39.7 Å². The molecule has 0 unspecified atom stereocenters. The predicted octanol–water partition coefficient (Wildman–Crippen LogP) is 0.394. The number of amides is 1. The van der Waals surface area contributed by atoms with Gasteiger partial charge in [-0.1, -0.05) is 0 Å². The highest BCUT2D eigenvalue weighted by Gasteiger charge is 2.39. The Labute approximate surface area is 117 Å². The summed E-state index contributed by atoms with van der Waals surface area (Å²) in [5.41, 5.74) is -0.938. The number of benzene rings is 1. The fourth-order valence-corrected chi connectivity index (χ4v) is 2.24. The van der Waals surface area contributed by atoms with Crippen LogP contribution in [-0.4, -0.2) is 50.6 Å². The average molecular weight is 298 g/mol. The smallest absolute Gasteiger partial charge is 0.326 e. The van der Waals surface area contributed by atoms with E-state index in [1.165, 1.54) is 0 Å². The molecule has 1 aromatic carbocycles. The van der Waals surface area contributed by atoms with Gasteiger partial charge in [-0.05, 0) is 6.07 Å². The lowest BCUT2D eigenvalue weighted by Gasteiger charge is -2.21. The van der Waals surface area contributed by atoms with Gasteiger partial charge in [0.2, 0.25) is 0 Å². The molecule has 0 aromatic heterocycles. The molecule has 1 aliphatic rings. The van der Waals surface area contributed by atoms with Gasteiger partial charge in [0.25, 0.3) is 11.6 Å². The third-order valence-electron chi connectivity index (χ3n) is 3.17. The van der Waals surface area contributed by atoms with Gasteiger partial charge in [0.1, 0.15) is 11.9 Å². The fourth-order valence-electron chi connectivity index (χ4n) is 2.24. The molecule has 8 nitrogen and oxygen atoms in total. The van der Waals surface area contributed by atoms with Crippen LogP contribution in [0.2, 0.25) is 0 Å². The van der Waals surface area contributed by atoms with Gasteiger partial charge in [-0.25, -0.2) is 9.18 Å². The van der Waals surface area contributed by atoms with Crippen LogP contribution in [0, 0.1) is 15.9 Å². The van der Waals surface area contributed by atoms with E-state index in [0.717, 1.165) is 17.0 Å². The number of aliphatic hydroxyl groups is 1. The van der Waals surface area contributed by atoms with Gasteiger partial charge in [0.15, 0.2) is 0 Å². The lowest BCUT2D eigenvalue weighted by molar-refractivity contribution is -0.385. The topological polar surface area (TPSA) is 121 Å². The number of rotatable bonds is 3. The number of aliphatic carboxylic acids is 1. The maximum Gasteiger partial charge on any atom is 0.326 e. The second-order valence-corrected chi connectivity index (χ2v) is 4.66. The summed E-state index contributed by atoms with van der Waals surface area (Å²) in [7, 11) is 0. The number of β-amino-alcohol motifs (C(OH)–C–C–N with tert-alkyl or cyclic N) is 1. The number of hydrogen-bond donors (Lipinski definition) is 2. The Morgan fingerprint density at radius 3 is 2.62 bits per heavy atom. The van der Waals surface area contributed by atoms with Crippen molar-refractivity contribution in [1.82, 2.24) is 4.90 Å². The molecular weight excluding hydrogens is 287 g/mol. The average Bonchev–Trinajstić information content (AvgIpc) is 2.79. The number of carboxylic acid groups (broad SMARTS) is 1. The Balaban J connectivity index is 2.35. The van der Waals surface area contributed by atoms with Crippen molar-refractivity contribution in [1.29, 1.82) is 0 Å². The molecule has 21 heavy (non-hydrogen) atoms. The molecule has 0 saturated carbocycles. The number of nitrogens with zero attached hydrogens (tertiary/aromatic N) is 2. The molecule has 2 N–H and O–H groups in total. The highest BCUT2D eigenvalue weighted by Crippen LogP contribution is 2.23. The third-order valence-corrected chi connectivity index (χ3v) is 3.17. The van der Waals surface area contributed by atoms with Crippen molar-refractivity contribution in [3.8, 4) is 0 Å². The molecular formula is C12H11FN2O6. The summed E-state index contributed by atoms with van der Waals surface area (Å²) in [4.78, 5) is 33.9. The first-order valence-corrected chi connectivity index (χ1v) is 5.96. The van der Waals surface area contributed by atoms with Crippen molar-refractivity contribution >= 4 is 17.6 Å². The summed E-state index contributed by atoms with van der Waals surface area (Å²) in [5.74, 6) is -3.15. The number of likely N-dealkylation sites (tertiary alicyclic amines) is 1. The number of carbonyl (C=O) groups excluding carboxylic acids is 1. The summed E-state index contributed by atoms with van der Waals surface area (Å²) in [6.07, 6.45) is -1.14. The number of aliphatic hydroxyl groups excluding tert-OH is 1. The van der Waals surface area contributed by atoms with Crippen LogP contribution in [0.15, 0.2) is 18.2 Å². The van der Waals surface area contributed by atoms with Gasteiger partial charge in [0.05, 0.1) is 17.1 Å². The Kier molecular flexibility index (Phi) is 3.85. The minimum atomic E-state index is -1.30. The zero-order chi connectivity index (χ0) is 15.7. The molecule has 2 rings (SSSR count). The number of hydrogen-bond acceptors (Lipinski definition) is 5. The molecule has 0 aliphatic carbocycles. The molecule has 1 fully saturated rings. The van der Waals surface area contributed by atoms with E-state index in [1.54, 1.807) is 0 Å². The third kappa shape index (κ3) is 2.97. The van der Waals surface area contributed by atoms with Crippen LogP contribution < -0.4 is 0 Å². The van der Waals surface area contributed by atoms with E-state index < -0.39 is 40.5 Å². The quantitative estimate of drug-likeness (QED) is 0.615. The largest absolute Gasteiger partial charge is 0.480 e. The number of halogens is 1. The molecule has 2 atom stereocenters. The summed E-state index contributed by atoms with van der Waals surface area (Å²) < 4.78 is 13.3. The van der Waals surface area contributed by atoms with Crippen molar-refractivity contribution in [2.24, 2.45) is 0 Å². The fraction of sp³-hybridized carbons (Fsp3) is 0.333. The van der Waals surface area contributed by atoms with E-state index in [9.17, 15) is 29.2 Å². The first-order chi connectivity index (χ1) is 9.79. The maximum absolute atomic E-state index is 13.3. The number of carboxylic acids is 1. The molecule has 1 aliphatic heterocycles. The maximum atomic E-state index is 13.3. The zero-order valence-corrected chi connectivity index (χ0v) is 10.6. The number of nitro benzene ring substituents is 1. The van der Waals surface area contributed by atoms with E-state index in [2.05, 4.69) is 0 Å². The summed E-state index contributed by atoms with van der Waals surface area (Å²) in [6.45, 7) is -0.222. The molecule has 1 aromatic rings. The molecule has 1 heterocycles. The van der Waals surface area contributed by atoms with Crippen LogP contribution in [-0.2, 0) is 4.79 Å². The van der Waals surface area contributed by atoms with E-state index in [0.29, 0.717) is 6.07 Å². The van der Waals surface area contributed by atoms with Crippen LogP contribution in [0.25, 0.3) is 0 Å². The van der Waals surface area contributed by atoms with E-state index in [-0.39, 0.29) is 18.5 Å². The van der Waals surface area contributed by atoms with Crippen molar-refractivity contribution in [2.75, 3.05) is 6.54 Å². The van der Waals surface area contributed by atoms with Gasteiger partial charge in [0, 0.05) is 24.6 Å². The highest BCUT2D eigenvalue weighted by atomic mass is 19.1. The lowest BCUT2D eigenvalue weighted by atomic mass is 10.1. The Bertz CT molecular complexity index is 620. The van der Waals surface area contributed by atoms with Gasteiger partial charge in [-0.2, -0.15) is 0 Å². The zero-order valence-electron chi connectivity index (χ0n) is 10.6. The van der Waals surface area contributed by atoms with Gasteiger partial charge in [-0.15, -0.1) is 0 Å². The normalized spacial score (nSPS) is 21.3. The van der Waals surface area contributed by atoms with Crippen LogP contribution in [0.5, 0.6) is 0 Å². The number of non-ortho nitro benzene ring substituents is 1. The predicted molar refractivity (Wildman–Crippen MR) is 66.1 cm³/mol. The van der Waals surface area contributed by atoms with Crippen molar-refractivity contribution in [2.45, 2.75) is 18.6 Å². The molecule has 112 valence electrons. The van der Waals surface area contributed by atoms with Crippen LogP contribution in [0.3, 0.4) is 0 Å².